The normalized spacial score (nSPS) is 12.8. The molecular weight excluding hydrogens is 398 g/mol. The Balaban J connectivity index is 2.77. The van der Waals surface area contributed by atoms with E-state index in [2.05, 4.69) is 10.3 Å². The van der Waals surface area contributed by atoms with Crippen LogP contribution in [0.2, 0.25) is 0 Å². The maximum atomic E-state index is 12.4. The molecule has 0 unspecified atom stereocenters. The van der Waals surface area contributed by atoms with Crippen molar-refractivity contribution in [2.45, 2.75) is 77.4 Å². The molecule has 1 aromatic rings. The van der Waals surface area contributed by atoms with Crippen molar-refractivity contribution >= 4 is 23.8 Å². The van der Waals surface area contributed by atoms with Gasteiger partial charge in [0, 0.05) is 0 Å². The number of rotatable bonds is 7. The molecule has 10 heteroatoms. The first-order valence-corrected chi connectivity index (χ1v) is 10.4. The lowest BCUT2D eigenvalue weighted by atomic mass is 10.2. The molecule has 0 saturated carbocycles. The second kappa shape index (κ2) is 10.00. The number of ether oxygens (including phenoxy) is 3. The predicted molar refractivity (Wildman–Crippen MR) is 110 cm³/mol. The van der Waals surface area contributed by atoms with Crippen LogP contribution in [-0.4, -0.2) is 51.7 Å². The zero-order valence-electron chi connectivity index (χ0n) is 18.3. The number of amides is 1. The van der Waals surface area contributed by atoms with Gasteiger partial charge >= 0.3 is 12.1 Å². The second-order valence-electron chi connectivity index (χ2n) is 8.45. The Labute approximate surface area is 175 Å². The van der Waals surface area contributed by atoms with Crippen molar-refractivity contribution in [3.8, 4) is 5.88 Å². The smallest absolute Gasteiger partial charge is 0.407 e. The van der Waals surface area contributed by atoms with Crippen molar-refractivity contribution in [2.75, 3.05) is 12.9 Å². The van der Waals surface area contributed by atoms with E-state index in [9.17, 15) is 14.4 Å². The predicted octanol–water partition coefficient (Wildman–Crippen LogP) is 2.60. The first kappa shape index (κ1) is 24.8. The Kier molecular flexibility index (Phi) is 8.55. The summed E-state index contributed by atoms with van der Waals surface area (Å²) >= 11 is 1.21. The van der Waals surface area contributed by atoms with E-state index in [0.29, 0.717) is 5.16 Å². The van der Waals surface area contributed by atoms with E-state index in [1.807, 2.05) is 0 Å². The van der Waals surface area contributed by atoms with Crippen molar-refractivity contribution in [1.82, 2.24) is 14.9 Å². The number of nitrogens with one attached hydrogen (secondary N) is 1. The van der Waals surface area contributed by atoms with E-state index in [1.54, 1.807) is 54.7 Å². The van der Waals surface area contributed by atoms with Crippen LogP contribution < -0.4 is 15.6 Å². The summed E-state index contributed by atoms with van der Waals surface area (Å²) in [6.07, 6.45) is 1.18. The highest BCUT2D eigenvalue weighted by atomic mass is 32.2. The molecule has 0 aromatic carbocycles. The highest BCUT2D eigenvalue weighted by molar-refractivity contribution is 7.98. The molecule has 1 N–H and O–H groups in total. The minimum atomic E-state index is -0.645. The maximum absolute atomic E-state index is 12.4. The molecule has 9 nitrogen and oxygen atoms in total. The van der Waals surface area contributed by atoms with Gasteiger partial charge in [-0.25, -0.2) is 4.79 Å². The van der Waals surface area contributed by atoms with Gasteiger partial charge in [-0.3, -0.25) is 14.2 Å². The van der Waals surface area contributed by atoms with Crippen molar-refractivity contribution in [3.63, 3.8) is 0 Å². The van der Waals surface area contributed by atoms with Gasteiger partial charge in [0.2, 0.25) is 5.88 Å². The molecule has 0 aliphatic carbocycles. The fraction of sp³-hybridized carbons (Fsp3) is 0.684. The third-order valence-corrected chi connectivity index (χ3v) is 3.76. The van der Waals surface area contributed by atoms with Crippen LogP contribution in [0.4, 0.5) is 4.79 Å². The van der Waals surface area contributed by atoms with E-state index in [1.165, 1.54) is 22.4 Å². The molecule has 0 radical (unpaired) electrons. The van der Waals surface area contributed by atoms with Crippen LogP contribution in [-0.2, 0) is 20.8 Å². The Morgan fingerprint density at radius 1 is 1.17 bits per heavy atom. The van der Waals surface area contributed by atoms with E-state index < -0.39 is 28.8 Å². The summed E-state index contributed by atoms with van der Waals surface area (Å²) in [4.78, 5) is 40.5. The molecule has 1 atom stereocenters. The number of esters is 1. The van der Waals surface area contributed by atoms with Gasteiger partial charge in [0.05, 0.1) is 12.1 Å². The standard InChI is InChI=1S/C19H31N3O6S/c1-12(20-17(25)28-19(5,6)7)11-26-13-9-14(23)22(16(21-13)29-8)10-15(24)27-18(2,3)4/h9,12H,10-11H2,1-8H3,(H,20,25)/t12-/m1/s1. The van der Waals surface area contributed by atoms with Crippen molar-refractivity contribution in [3.05, 3.63) is 16.4 Å². The Morgan fingerprint density at radius 3 is 2.28 bits per heavy atom. The van der Waals surface area contributed by atoms with Crippen LogP contribution in [0.1, 0.15) is 48.5 Å². The van der Waals surface area contributed by atoms with Gasteiger partial charge in [0.25, 0.3) is 5.56 Å². The first-order chi connectivity index (χ1) is 13.2. The molecule has 0 fully saturated rings. The largest absolute Gasteiger partial charge is 0.475 e. The topological polar surface area (TPSA) is 109 Å². The van der Waals surface area contributed by atoms with Gasteiger partial charge in [-0.2, -0.15) is 4.98 Å². The van der Waals surface area contributed by atoms with E-state index >= 15 is 0 Å². The lowest BCUT2D eigenvalue weighted by molar-refractivity contribution is -0.155. The average molecular weight is 430 g/mol. The molecule has 0 bridgehead atoms. The highest BCUT2D eigenvalue weighted by Crippen LogP contribution is 2.15. The summed E-state index contributed by atoms with van der Waals surface area (Å²) in [5, 5.41) is 2.97. The van der Waals surface area contributed by atoms with Crippen molar-refractivity contribution in [2.24, 2.45) is 0 Å². The van der Waals surface area contributed by atoms with Crippen LogP contribution in [0.15, 0.2) is 16.0 Å². The van der Waals surface area contributed by atoms with Gasteiger partial charge in [0.1, 0.15) is 24.4 Å². The number of alkyl carbamates (subject to hydrolysis) is 1. The molecule has 1 rings (SSSR count). The highest BCUT2D eigenvalue weighted by Gasteiger charge is 2.20. The molecule has 164 valence electrons. The lowest BCUT2D eigenvalue weighted by Gasteiger charge is -2.22. The number of hydrogen-bond donors (Lipinski definition) is 1. The summed E-state index contributed by atoms with van der Waals surface area (Å²) in [7, 11) is 0. The van der Waals surface area contributed by atoms with Crippen LogP contribution in [0.25, 0.3) is 0 Å². The lowest BCUT2D eigenvalue weighted by Crippen LogP contribution is -2.40. The molecule has 1 amide bonds. The number of thioether (sulfide) groups is 1. The minimum Gasteiger partial charge on any atom is -0.475 e. The fourth-order valence-corrected chi connectivity index (χ4v) is 2.66. The van der Waals surface area contributed by atoms with E-state index in [4.69, 9.17) is 14.2 Å². The third kappa shape index (κ3) is 9.69. The van der Waals surface area contributed by atoms with E-state index in [0.717, 1.165) is 0 Å². The summed E-state index contributed by atoms with van der Waals surface area (Å²) in [5.41, 5.74) is -1.68. The minimum absolute atomic E-state index is 0.0928. The number of nitrogens with zero attached hydrogens (tertiary/aromatic N) is 2. The van der Waals surface area contributed by atoms with Crippen LogP contribution in [0.5, 0.6) is 5.88 Å². The fourth-order valence-electron chi connectivity index (χ4n) is 2.10. The molecule has 1 heterocycles. The maximum Gasteiger partial charge on any atom is 0.407 e. The molecular formula is C19H31N3O6S. The zero-order valence-corrected chi connectivity index (χ0v) is 19.1. The number of carbonyl (C=O) groups excluding carboxylic acids is 2. The SMILES string of the molecule is CSc1nc(OC[C@@H](C)NC(=O)OC(C)(C)C)cc(=O)n1CC(=O)OC(C)(C)C. The summed E-state index contributed by atoms with van der Waals surface area (Å²) in [6, 6.07) is 0.832. The van der Waals surface area contributed by atoms with Gasteiger partial charge in [0.15, 0.2) is 5.16 Å². The van der Waals surface area contributed by atoms with Crippen LogP contribution >= 0.6 is 11.8 Å². The molecule has 0 aliphatic rings. The monoisotopic (exact) mass is 429 g/mol. The third-order valence-electron chi connectivity index (χ3n) is 3.08. The summed E-state index contributed by atoms with van der Waals surface area (Å²) < 4.78 is 17.2. The molecule has 29 heavy (non-hydrogen) atoms. The average Bonchev–Trinajstić information content (AvgIpc) is 2.51. The molecule has 0 saturated heterocycles. The molecule has 1 aromatic heterocycles. The summed E-state index contributed by atoms with van der Waals surface area (Å²) in [5.74, 6) is -0.418. The van der Waals surface area contributed by atoms with Gasteiger partial charge in [-0.15, -0.1) is 0 Å². The molecule has 0 aliphatic heterocycles. The van der Waals surface area contributed by atoms with Gasteiger partial charge in [-0.05, 0) is 54.7 Å². The number of carbonyl (C=O) groups is 2. The van der Waals surface area contributed by atoms with Crippen molar-refractivity contribution < 1.29 is 23.8 Å². The quantitative estimate of drug-likeness (QED) is 0.400. The number of hydrogen-bond acceptors (Lipinski definition) is 8. The second-order valence-corrected chi connectivity index (χ2v) is 9.22. The molecule has 0 spiro atoms. The Morgan fingerprint density at radius 2 is 1.76 bits per heavy atom. The Hall–Kier alpha value is -2.23. The zero-order chi connectivity index (χ0) is 22.4. The van der Waals surface area contributed by atoms with Gasteiger partial charge in [-0.1, -0.05) is 11.8 Å². The summed E-state index contributed by atoms with van der Waals surface area (Å²) in [6.45, 7) is 12.2. The van der Waals surface area contributed by atoms with Crippen LogP contribution in [0, 0.1) is 0 Å². The van der Waals surface area contributed by atoms with Crippen LogP contribution in [0.3, 0.4) is 0 Å². The number of aromatic nitrogens is 2. The van der Waals surface area contributed by atoms with Crippen molar-refractivity contribution in [1.29, 1.82) is 0 Å². The van der Waals surface area contributed by atoms with E-state index in [-0.39, 0.29) is 25.1 Å². The van der Waals surface area contributed by atoms with Gasteiger partial charge < -0.3 is 19.5 Å². The first-order valence-electron chi connectivity index (χ1n) is 9.20. The Bertz CT molecular complexity index is 780.